The van der Waals surface area contributed by atoms with Crippen LogP contribution < -0.4 is 0 Å². The summed E-state index contributed by atoms with van der Waals surface area (Å²) in [6.45, 7) is 9.58. The standard InChI is InChI=1S/C17H29N3/c1-3-14-7-10-20-16(11-14)13-18-17(20)12-15-5-8-19(4-2)9-6-15/h13-15H,3-12H2,1-2H3. The monoisotopic (exact) mass is 275 g/mol. The molecule has 20 heavy (non-hydrogen) atoms. The molecule has 3 heterocycles. The summed E-state index contributed by atoms with van der Waals surface area (Å²) in [5.74, 6) is 3.11. The maximum atomic E-state index is 4.75. The third kappa shape index (κ3) is 2.93. The number of hydrogen-bond acceptors (Lipinski definition) is 2. The molecule has 3 rings (SSSR count). The lowest BCUT2D eigenvalue weighted by molar-refractivity contribution is 0.189. The van der Waals surface area contributed by atoms with Crippen LogP contribution in [0.5, 0.6) is 0 Å². The number of rotatable bonds is 4. The van der Waals surface area contributed by atoms with Crippen LogP contribution in [0.1, 0.15) is 51.0 Å². The number of aromatic nitrogens is 2. The van der Waals surface area contributed by atoms with Gasteiger partial charge in [-0.1, -0.05) is 20.3 Å². The fourth-order valence-electron chi connectivity index (χ4n) is 3.88. The third-order valence-corrected chi connectivity index (χ3v) is 5.48. The van der Waals surface area contributed by atoms with Crippen LogP contribution in [0.15, 0.2) is 6.20 Å². The molecule has 0 aromatic carbocycles. The maximum absolute atomic E-state index is 4.75. The summed E-state index contributed by atoms with van der Waals surface area (Å²) in [5, 5.41) is 0. The van der Waals surface area contributed by atoms with Gasteiger partial charge in [0.2, 0.25) is 0 Å². The summed E-state index contributed by atoms with van der Waals surface area (Å²) in [7, 11) is 0. The van der Waals surface area contributed by atoms with E-state index in [-0.39, 0.29) is 0 Å². The highest BCUT2D eigenvalue weighted by molar-refractivity contribution is 5.10. The Labute approximate surface area is 123 Å². The van der Waals surface area contributed by atoms with E-state index in [4.69, 9.17) is 4.98 Å². The molecular weight excluding hydrogens is 246 g/mol. The average Bonchev–Trinajstić information content (AvgIpc) is 2.90. The molecule has 3 nitrogen and oxygen atoms in total. The highest BCUT2D eigenvalue weighted by atomic mass is 15.1. The number of nitrogens with zero attached hydrogens (tertiary/aromatic N) is 3. The lowest BCUT2D eigenvalue weighted by Gasteiger charge is -2.31. The van der Waals surface area contributed by atoms with E-state index in [9.17, 15) is 0 Å². The molecule has 1 aromatic heterocycles. The summed E-state index contributed by atoms with van der Waals surface area (Å²) >= 11 is 0. The second kappa shape index (κ2) is 6.30. The molecule has 0 amide bonds. The molecule has 1 atom stereocenters. The zero-order valence-corrected chi connectivity index (χ0v) is 13.1. The van der Waals surface area contributed by atoms with Crippen molar-refractivity contribution >= 4 is 0 Å². The van der Waals surface area contributed by atoms with Gasteiger partial charge in [0.15, 0.2) is 0 Å². The van der Waals surface area contributed by atoms with E-state index in [1.165, 1.54) is 76.2 Å². The van der Waals surface area contributed by atoms with Gasteiger partial charge in [-0.15, -0.1) is 0 Å². The van der Waals surface area contributed by atoms with E-state index in [1.54, 1.807) is 0 Å². The molecule has 1 fully saturated rings. The van der Waals surface area contributed by atoms with Crippen molar-refractivity contribution in [2.24, 2.45) is 11.8 Å². The quantitative estimate of drug-likeness (QED) is 0.842. The third-order valence-electron chi connectivity index (χ3n) is 5.48. The molecule has 0 bridgehead atoms. The molecule has 0 radical (unpaired) electrons. The predicted molar refractivity (Wildman–Crippen MR) is 82.9 cm³/mol. The lowest BCUT2D eigenvalue weighted by atomic mass is 9.92. The maximum Gasteiger partial charge on any atom is 0.109 e. The van der Waals surface area contributed by atoms with Crippen LogP contribution in [0.25, 0.3) is 0 Å². The minimum absolute atomic E-state index is 0.855. The molecule has 0 N–H and O–H groups in total. The van der Waals surface area contributed by atoms with E-state index in [0.29, 0.717) is 0 Å². The van der Waals surface area contributed by atoms with Gasteiger partial charge in [0.25, 0.3) is 0 Å². The van der Waals surface area contributed by atoms with E-state index in [0.717, 1.165) is 11.8 Å². The van der Waals surface area contributed by atoms with Gasteiger partial charge in [0.1, 0.15) is 5.82 Å². The topological polar surface area (TPSA) is 21.1 Å². The van der Waals surface area contributed by atoms with Crippen molar-refractivity contribution in [2.75, 3.05) is 19.6 Å². The summed E-state index contributed by atoms with van der Waals surface area (Å²) in [4.78, 5) is 7.32. The van der Waals surface area contributed by atoms with Crippen molar-refractivity contribution in [1.82, 2.24) is 14.5 Å². The van der Waals surface area contributed by atoms with Gasteiger partial charge in [0.05, 0.1) is 0 Å². The molecule has 0 spiro atoms. The fourth-order valence-corrected chi connectivity index (χ4v) is 3.88. The van der Waals surface area contributed by atoms with Gasteiger partial charge >= 0.3 is 0 Å². The summed E-state index contributed by atoms with van der Waals surface area (Å²) < 4.78 is 2.53. The Balaban J connectivity index is 1.61. The van der Waals surface area contributed by atoms with Crippen LogP contribution in [0.3, 0.4) is 0 Å². The van der Waals surface area contributed by atoms with Gasteiger partial charge in [-0.25, -0.2) is 4.98 Å². The molecular formula is C17H29N3. The minimum Gasteiger partial charge on any atom is -0.332 e. The number of piperidine rings is 1. The van der Waals surface area contributed by atoms with Crippen LogP contribution in [0.4, 0.5) is 0 Å². The van der Waals surface area contributed by atoms with Gasteiger partial charge < -0.3 is 9.47 Å². The Morgan fingerprint density at radius 2 is 1.85 bits per heavy atom. The first-order valence-corrected chi connectivity index (χ1v) is 8.55. The van der Waals surface area contributed by atoms with E-state index >= 15 is 0 Å². The number of hydrogen-bond donors (Lipinski definition) is 0. The zero-order chi connectivity index (χ0) is 13.9. The van der Waals surface area contributed by atoms with E-state index in [1.807, 2.05) is 0 Å². The van der Waals surface area contributed by atoms with E-state index < -0.39 is 0 Å². The summed E-state index contributed by atoms with van der Waals surface area (Å²) in [5.41, 5.74) is 1.49. The Bertz CT molecular complexity index is 429. The van der Waals surface area contributed by atoms with Crippen LogP contribution >= 0.6 is 0 Å². The van der Waals surface area contributed by atoms with Crippen LogP contribution in [-0.2, 0) is 19.4 Å². The Kier molecular flexibility index (Phi) is 4.45. The van der Waals surface area contributed by atoms with Crippen molar-refractivity contribution in [3.8, 4) is 0 Å². The molecule has 112 valence electrons. The molecule has 0 aliphatic carbocycles. The number of fused-ring (bicyclic) bond motifs is 1. The highest BCUT2D eigenvalue weighted by Crippen LogP contribution is 2.27. The van der Waals surface area contributed by atoms with E-state index in [2.05, 4.69) is 29.5 Å². The smallest absolute Gasteiger partial charge is 0.109 e. The second-order valence-corrected chi connectivity index (χ2v) is 6.67. The highest BCUT2D eigenvalue weighted by Gasteiger charge is 2.24. The van der Waals surface area contributed by atoms with Gasteiger partial charge in [-0.2, -0.15) is 0 Å². The van der Waals surface area contributed by atoms with Crippen LogP contribution in [0, 0.1) is 11.8 Å². The SMILES string of the molecule is CCC1CCn2c(cnc2CC2CCN(CC)CC2)C1. The second-order valence-electron chi connectivity index (χ2n) is 6.67. The molecule has 1 saturated heterocycles. The Hall–Kier alpha value is -0.830. The Morgan fingerprint density at radius 3 is 2.55 bits per heavy atom. The predicted octanol–water partition coefficient (Wildman–Crippen LogP) is 3.13. The van der Waals surface area contributed by atoms with Crippen molar-refractivity contribution in [1.29, 1.82) is 0 Å². The summed E-state index contributed by atoms with van der Waals surface area (Å²) in [6.07, 6.45) is 9.98. The first kappa shape index (κ1) is 14.1. The normalized spacial score (nSPS) is 24.8. The van der Waals surface area contributed by atoms with Crippen molar-refractivity contribution in [3.05, 3.63) is 17.7 Å². The van der Waals surface area contributed by atoms with Crippen molar-refractivity contribution < 1.29 is 0 Å². The first-order valence-electron chi connectivity index (χ1n) is 8.55. The molecule has 0 saturated carbocycles. The molecule has 2 aliphatic heterocycles. The van der Waals surface area contributed by atoms with Crippen molar-refractivity contribution in [2.45, 2.75) is 58.9 Å². The van der Waals surface area contributed by atoms with Crippen molar-refractivity contribution in [3.63, 3.8) is 0 Å². The number of likely N-dealkylation sites (tertiary alicyclic amines) is 1. The molecule has 1 aromatic rings. The first-order chi connectivity index (χ1) is 9.80. The Morgan fingerprint density at radius 1 is 1.10 bits per heavy atom. The molecule has 3 heteroatoms. The van der Waals surface area contributed by atoms with Gasteiger partial charge in [0, 0.05) is 24.9 Å². The molecule has 2 aliphatic rings. The fraction of sp³-hybridized carbons (Fsp3) is 0.824. The minimum atomic E-state index is 0.855. The van der Waals surface area contributed by atoms with Crippen LogP contribution in [0.2, 0.25) is 0 Å². The van der Waals surface area contributed by atoms with Crippen LogP contribution in [-0.4, -0.2) is 34.1 Å². The molecule has 1 unspecified atom stereocenters. The lowest BCUT2D eigenvalue weighted by Crippen LogP contribution is -2.34. The van der Waals surface area contributed by atoms with Gasteiger partial charge in [-0.05, 0) is 57.2 Å². The van der Waals surface area contributed by atoms with Gasteiger partial charge in [-0.3, -0.25) is 0 Å². The average molecular weight is 275 g/mol. The number of imidazole rings is 1. The zero-order valence-electron chi connectivity index (χ0n) is 13.1. The largest absolute Gasteiger partial charge is 0.332 e. The summed E-state index contributed by atoms with van der Waals surface area (Å²) in [6, 6.07) is 0.